The van der Waals surface area contributed by atoms with Crippen molar-refractivity contribution in [2.45, 2.75) is 0 Å². The molecule has 0 saturated carbocycles. The second-order valence-corrected chi connectivity index (χ2v) is 5.86. The molecule has 1 aliphatic heterocycles. The fourth-order valence-corrected chi connectivity index (χ4v) is 2.80. The van der Waals surface area contributed by atoms with Crippen molar-refractivity contribution in [2.24, 2.45) is 0 Å². The van der Waals surface area contributed by atoms with Crippen molar-refractivity contribution in [1.29, 1.82) is 0 Å². The molecule has 0 bridgehead atoms. The Balaban J connectivity index is 0.00000192. The summed E-state index contributed by atoms with van der Waals surface area (Å²) in [6.45, 7) is 6.33. The van der Waals surface area contributed by atoms with Gasteiger partial charge in [-0.15, -0.1) is 24.8 Å². The van der Waals surface area contributed by atoms with E-state index in [9.17, 15) is 0 Å². The Kier molecular flexibility index (Phi) is 11.5. The first-order valence-electron chi connectivity index (χ1n) is 8.01. The zero-order valence-corrected chi connectivity index (χ0v) is 16.2. The van der Waals surface area contributed by atoms with Gasteiger partial charge in [0.15, 0.2) is 0 Å². The zero-order valence-electron chi connectivity index (χ0n) is 14.6. The van der Waals surface area contributed by atoms with Crippen molar-refractivity contribution in [3.05, 3.63) is 54.6 Å². The first-order chi connectivity index (χ1) is 10.8. The van der Waals surface area contributed by atoms with E-state index in [1.165, 1.54) is 11.1 Å². The SMILES string of the molecule is CN1CCN(CCOc2ccccc2-c2ccccc2)CC1.Cl.Cl.O. The van der Waals surface area contributed by atoms with Gasteiger partial charge in [-0.3, -0.25) is 4.90 Å². The van der Waals surface area contributed by atoms with Gasteiger partial charge < -0.3 is 15.1 Å². The van der Waals surface area contributed by atoms with E-state index in [1.807, 2.05) is 12.1 Å². The molecule has 0 unspecified atom stereocenters. The minimum Gasteiger partial charge on any atom is -0.492 e. The summed E-state index contributed by atoms with van der Waals surface area (Å²) in [5, 5.41) is 0. The van der Waals surface area contributed by atoms with Gasteiger partial charge in [0, 0.05) is 38.3 Å². The standard InChI is InChI=1S/C19H24N2O.2ClH.H2O/c1-20-11-13-21(14-12-20)15-16-22-19-10-6-5-9-18(19)17-7-3-2-4-8-17;;;/h2-10H,11-16H2,1H3;2*1H;1H2. The summed E-state index contributed by atoms with van der Waals surface area (Å²) in [6.07, 6.45) is 0. The van der Waals surface area contributed by atoms with Crippen LogP contribution in [0.1, 0.15) is 0 Å². The number of piperazine rings is 1. The van der Waals surface area contributed by atoms with E-state index < -0.39 is 0 Å². The number of halogens is 2. The lowest BCUT2D eigenvalue weighted by atomic mass is 10.1. The van der Waals surface area contributed by atoms with E-state index in [2.05, 4.69) is 59.3 Å². The van der Waals surface area contributed by atoms with E-state index in [-0.39, 0.29) is 30.3 Å². The minimum absolute atomic E-state index is 0. The van der Waals surface area contributed by atoms with Crippen molar-refractivity contribution in [3.63, 3.8) is 0 Å². The normalized spacial score (nSPS) is 14.6. The topological polar surface area (TPSA) is 47.2 Å². The summed E-state index contributed by atoms with van der Waals surface area (Å²) < 4.78 is 6.07. The maximum absolute atomic E-state index is 6.07. The monoisotopic (exact) mass is 386 g/mol. The van der Waals surface area contributed by atoms with Gasteiger partial charge in [-0.05, 0) is 18.7 Å². The van der Waals surface area contributed by atoms with Crippen LogP contribution in [-0.4, -0.2) is 61.7 Å². The molecule has 0 aromatic heterocycles. The third kappa shape index (κ3) is 6.84. The van der Waals surface area contributed by atoms with E-state index in [1.54, 1.807) is 0 Å². The van der Waals surface area contributed by atoms with Crippen LogP contribution in [-0.2, 0) is 0 Å². The molecule has 2 N–H and O–H groups in total. The molecule has 1 aliphatic rings. The van der Waals surface area contributed by atoms with Crippen LogP contribution in [0.3, 0.4) is 0 Å². The van der Waals surface area contributed by atoms with E-state index in [0.717, 1.165) is 45.1 Å². The maximum Gasteiger partial charge on any atom is 0.127 e. The number of para-hydroxylation sites is 1. The van der Waals surface area contributed by atoms with Crippen molar-refractivity contribution in [1.82, 2.24) is 9.80 Å². The molecule has 0 atom stereocenters. The zero-order chi connectivity index (χ0) is 15.2. The highest BCUT2D eigenvalue weighted by Gasteiger charge is 2.13. The Labute approximate surface area is 162 Å². The number of rotatable bonds is 5. The molecule has 2 aromatic rings. The number of likely N-dealkylation sites (N-methyl/N-ethyl adjacent to an activating group) is 1. The molecule has 1 heterocycles. The molecular formula is C19H28Cl2N2O2. The molecule has 1 saturated heterocycles. The van der Waals surface area contributed by atoms with Crippen LogP contribution in [0.15, 0.2) is 54.6 Å². The Morgan fingerprint density at radius 1 is 0.840 bits per heavy atom. The lowest BCUT2D eigenvalue weighted by molar-refractivity contribution is 0.134. The summed E-state index contributed by atoms with van der Waals surface area (Å²) in [7, 11) is 2.18. The van der Waals surface area contributed by atoms with Crippen LogP contribution in [0.2, 0.25) is 0 Å². The molecule has 6 heteroatoms. The average molecular weight is 387 g/mol. The van der Waals surface area contributed by atoms with E-state index in [0.29, 0.717) is 0 Å². The van der Waals surface area contributed by atoms with Crippen molar-refractivity contribution in [3.8, 4) is 16.9 Å². The fourth-order valence-electron chi connectivity index (χ4n) is 2.80. The van der Waals surface area contributed by atoms with Crippen LogP contribution < -0.4 is 4.74 Å². The first kappa shape index (κ1) is 23.7. The Bertz CT molecular complexity index is 591. The lowest BCUT2D eigenvalue weighted by Crippen LogP contribution is -2.45. The summed E-state index contributed by atoms with van der Waals surface area (Å²) >= 11 is 0. The molecule has 2 aromatic carbocycles. The molecule has 140 valence electrons. The molecule has 1 fully saturated rings. The van der Waals surface area contributed by atoms with Gasteiger partial charge in [-0.2, -0.15) is 0 Å². The molecule has 0 spiro atoms. The van der Waals surface area contributed by atoms with Gasteiger partial charge in [-0.1, -0.05) is 48.5 Å². The van der Waals surface area contributed by atoms with Crippen LogP contribution in [0.5, 0.6) is 5.75 Å². The van der Waals surface area contributed by atoms with Gasteiger partial charge in [0.25, 0.3) is 0 Å². The molecule has 0 amide bonds. The predicted molar refractivity (Wildman–Crippen MR) is 109 cm³/mol. The van der Waals surface area contributed by atoms with Gasteiger partial charge >= 0.3 is 0 Å². The lowest BCUT2D eigenvalue weighted by Gasteiger charge is -2.32. The van der Waals surface area contributed by atoms with Gasteiger partial charge in [-0.25, -0.2) is 0 Å². The van der Waals surface area contributed by atoms with Crippen molar-refractivity contribution < 1.29 is 10.2 Å². The summed E-state index contributed by atoms with van der Waals surface area (Å²) in [4.78, 5) is 4.85. The number of ether oxygens (including phenoxy) is 1. The summed E-state index contributed by atoms with van der Waals surface area (Å²) in [5.41, 5.74) is 2.37. The Morgan fingerprint density at radius 3 is 2.12 bits per heavy atom. The molecule has 0 aliphatic carbocycles. The Hall–Kier alpha value is -1.30. The molecule has 3 rings (SSSR count). The highest BCUT2D eigenvalue weighted by molar-refractivity contribution is 5.85. The Morgan fingerprint density at radius 2 is 1.44 bits per heavy atom. The second-order valence-electron chi connectivity index (χ2n) is 5.86. The molecule has 4 nitrogen and oxygen atoms in total. The quantitative estimate of drug-likeness (QED) is 0.793. The average Bonchev–Trinajstić information content (AvgIpc) is 2.58. The number of nitrogens with zero attached hydrogens (tertiary/aromatic N) is 2. The smallest absolute Gasteiger partial charge is 0.127 e. The molecule has 0 radical (unpaired) electrons. The largest absolute Gasteiger partial charge is 0.492 e. The molecule has 25 heavy (non-hydrogen) atoms. The van der Waals surface area contributed by atoms with Crippen LogP contribution in [0.4, 0.5) is 0 Å². The van der Waals surface area contributed by atoms with Crippen LogP contribution in [0, 0.1) is 0 Å². The molecular weight excluding hydrogens is 359 g/mol. The highest BCUT2D eigenvalue weighted by atomic mass is 35.5. The fraction of sp³-hybridized carbons (Fsp3) is 0.368. The van der Waals surface area contributed by atoms with Crippen LogP contribution >= 0.6 is 24.8 Å². The second kappa shape index (κ2) is 12.1. The number of benzene rings is 2. The third-order valence-electron chi connectivity index (χ3n) is 4.23. The number of hydrogen-bond donors (Lipinski definition) is 0. The summed E-state index contributed by atoms with van der Waals surface area (Å²) in [5.74, 6) is 0.975. The maximum atomic E-state index is 6.07. The van der Waals surface area contributed by atoms with E-state index in [4.69, 9.17) is 4.74 Å². The van der Waals surface area contributed by atoms with Crippen LogP contribution in [0.25, 0.3) is 11.1 Å². The predicted octanol–water partition coefficient (Wildman–Crippen LogP) is 3.00. The van der Waals surface area contributed by atoms with Gasteiger partial charge in [0.2, 0.25) is 0 Å². The van der Waals surface area contributed by atoms with Crippen molar-refractivity contribution in [2.75, 3.05) is 46.4 Å². The van der Waals surface area contributed by atoms with E-state index >= 15 is 0 Å². The van der Waals surface area contributed by atoms with Gasteiger partial charge in [0.1, 0.15) is 12.4 Å². The van der Waals surface area contributed by atoms with Gasteiger partial charge in [0.05, 0.1) is 0 Å². The summed E-state index contributed by atoms with van der Waals surface area (Å²) in [6, 6.07) is 18.7. The van der Waals surface area contributed by atoms with Crippen molar-refractivity contribution >= 4 is 24.8 Å². The minimum atomic E-state index is 0. The number of hydrogen-bond acceptors (Lipinski definition) is 3. The first-order valence-corrected chi connectivity index (χ1v) is 8.01. The third-order valence-corrected chi connectivity index (χ3v) is 4.23. The highest BCUT2D eigenvalue weighted by Crippen LogP contribution is 2.29.